The van der Waals surface area contributed by atoms with Gasteiger partial charge in [-0.05, 0) is 17.2 Å². The van der Waals surface area contributed by atoms with Gasteiger partial charge in [0.05, 0.1) is 0 Å². The zero-order valence-corrected chi connectivity index (χ0v) is 8.61. The third kappa shape index (κ3) is 1.81. The first-order valence-corrected chi connectivity index (χ1v) is 5.99. The Bertz CT molecular complexity index is 507. The molecule has 0 aromatic heterocycles. The first kappa shape index (κ1) is 10.4. The number of aliphatic hydroxyl groups excluding tert-OH is 1. The van der Waals surface area contributed by atoms with Gasteiger partial charge in [0, 0.05) is 0 Å². The fourth-order valence-electron chi connectivity index (χ4n) is 1.65. The summed E-state index contributed by atoms with van der Waals surface area (Å²) in [5.74, 6) is 0. The van der Waals surface area contributed by atoms with Crippen LogP contribution in [0.1, 0.15) is 22.5 Å². The molecule has 1 radical (unpaired) electrons. The molecule has 2 atom stereocenters. The van der Waals surface area contributed by atoms with Crippen molar-refractivity contribution in [3.8, 4) is 0 Å². The second-order valence-electron chi connectivity index (χ2n) is 3.37. The molecule has 0 heterocycles. The molecule has 2 rings (SSSR count). The first-order valence-electron chi connectivity index (χ1n) is 4.38. The van der Waals surface area contributed by atoms with E-state index in [-0.39, 0.29) is 0 Å². The SMILES string of the molecule is NS(=O)(=O)C1C=[C]C(O)c2ccccc21. The average Bonchev–Trinajstić information content (AvgIpc) is 2.17. The van der Waals surface area contributed by atoms with Crippen molar-refractivity contribution in [2.45, 2.75) is 11.4 Å². The maximum Gasteiger partial charge on any atom is 0.219 e. The lowest BCUT2D eigenvalue weighted by molar-refractivity contribution is 0.217. The lowest BCUT2D eigenvalue weighted by atomic mass is 9.94. The van der Waals surface area contributed by atoms with Gasteiger partial charge in [0.25, 0.3) is 0 Å². The molecule has 0 amide bonds. The van der Waals surface area contributed by atoms with Gasteiger partial charge in [0.15, 0.2) is 0 Å². The Balaban J connectivity index is 2.61. The Labute approximate surface area is 88.1 Å². The predicted molar refractivity (Wildman–Crippen MR) is 55.1 cm³/mol. The Morgan fingerprint density at radius 3 is 2.47 bits per heavy atom. The molecule has 0 fully saturated rings. The van der Waals surface area contributed by atoms with Gasteiger partial charge < -0.3 is 5.11 Å². The van der Waals surface area contributed by atoms with E-state index >= 15 is 0 Å². The van der Waals surface area contributed by atoms with Gasteiger partial charge >= 0.3 is 0 Å². The fraction of sp³-hybridized carbons (Fsp3) is 0.200. The molecule has 3 N–H and O–H groups in total. The van der Waals surface area contributed by atoms with Gasteiger partial charge in [-0.15, -0.1) is 0 Å². The highest BCUT2D eigenvalue weighted by Crippen LogP contribution is 2.33. The van der Waals surface area contributed by atoms with Crippen LogP contribution in [0.15, 0.2) is 30.3 Å². The molecule has 2 unspecified atom stereocenters. The number of hydrogen-bond acceptors (Lipinski definition) is 3. The number of aliphatic hydroxyl groups is 1. The predicted octanol–water partition coefficient (Wildman–Crippen LogP) is 0.423. The maximum absolute atomic E-state index is 11.3. The van der Waals surface area contributed by atoms with Crippen LogP contribution in [-0.2, 0) is 10.0 Å². The molecule has 0 saturated carbocycles. The van der Waals surface area contributed by atoms with E-state index in [1.807, 2.05) is 0 Å². The molecule has 79 valence electrons. The summed E-state index contributed by atoms with van der Waals surface area (Å²) in [5.41, 5.74) is 1.06. The molecule has 0 aliphatic heterocycles. The monoisotopic (exact) mass is 224 g/mol. The molecule has 15 heavy (non-hydrogen) atoms. The normalized spacial score (nSPS) is 24.9. The standard InChI is InChI=1S/C10H10NO3S/c11-15(13,14)10-6-5-9(12)7-3-1-2-4-8(7)10/h1-4,6,9-10,12H,(H2,11,13,14). The van der Waals surface area contributed by atoms with Crippen molar-refractivity contribution in [3.63, 3.8) is 0 Å². The van der Waals surface area contributed by atoms with Crippen molar-refractivity contribution in [2.24, 2.45) is 5.14 Å². The summed E-state index contributed by atoms with van der Waals surface area (Å²) in [6, 6.07) is 6.75. The fourth-order valence-corrected chi connectivity index (χ4v) is 2.49. The molecule has 0 bridgehead atoms. The van der Waals surface area contributed by atoms with Crippen LogP contribution in [0.5, 0.6) is 0 Å². The third-order valence-electron chi connectivity index (χ3n) is 2.36. The van der Waals surface area contributed by atoms with E-state index in [0.717, 1.165) is 0 Å². The summed E-state index contributed by atoms with van der Waals surface area (Å²) in [4.78, 5) is 0. The minimum atomic E-state index is -3.69. The van der Waals surface area contributed by atoms with Crippen LogP contribution in [0.3, 0.4) is 0 Å². The lowest BCUT2D eigenvalue weighted by Crippen LogP contribution is -2.23. The molecule has 4 nitrogen and oxygen atoms in total. The largest absolute Gasteiger partial charge is 0.384 e. The van der Waals surface area contributed by atoms with Crippen molar-refractivity contribution in [3.05, 3.63) is 47.5 Å². The Morgan fingerprint density at radius 2 is 1.87 bits per heavy atom. The number of nitrogens with two attached hydrogens (primary N) is 1. The molecule has 1 aromatic rings. The van der Waals surface area contributed by atoms with Gasteiger partial charge in [-0.25, -0.2) is 13.6 Å². The van der Waals surface area contributed by atoms with Crippen LogP contribution in [-0.4, -0.2) is 13.5 Å². The van der Waals surface area contributed by atoms with E-state index in [1.54, 1.807) is 24.3 Å². The second-order valence-corrected chi connectivity index (χ2v) is 5.06. The molecule has 1 aliphatic carbocycles. The summed E-state index contributed by atoms with van der Waals surface area (Å²) in [6.45, 7) is 0. The minimum absolute atomic E-state index is 0.520. The number of hydrogen-bond donors (Lipinski definition) is 2. The molecular formula is C10H10NO3S. The highest BCUT2D eigenvalue weighted by Gasteiger charge is 2.28. The molecule has 0 spiro atoms. The number of rotatable bonds is 1. The van der Waals surface area contributed by atoms with Crippen molar-refractivity contribution < 1.29 is 13.5 Å². The van der Waals surface area contributed by atoms with Crippen LogP contribution >= 0.6 is 0 Å². The van der Waals surface area contributed by atoms with Gasteiger partial charge in [0.1, 0.15) is 11.4 Å². The molecule has 1 aliphatic rings. The Hall–Kier alpha value is -1.17. The van der Waals surface area contributed by atoms with Gasteiger partial charge in [-0.3, -0.25) is 0 Å². The van der Waals surface area contributed by atoms with Crippen molar-refractivity contribution in [1.82, 2.24) is 0 Å². The van der Waals surface area contributed by atoms with Crippen LogP contribution in [0.4, 0.5) is 0 Å². The summed E-state index contributed by atoms with van der Waals surface area (Å²) in [5, 5.41) is 13.8. The Kier molecular flexibility index (Phi) is 2.38. The lowest BCUT2D eigenvalue weighted by Gasteiger charge is -2.21. The molecule has 0 saturated heterocycles. The van der Waals surface area contributed by atoms with Crippen molar-refractivity contribution in [2.75, 3.05) is 0 Å². The van der Waals surface area contributed by atoms with Crippen LogP contribution in [0, 0.1) is 6.08 Å². The van der Waals surface area contributed by atoms with E-state index in [9.17, 15) is 13.5 Å². The van der Waals surface area contributed by atoms with Crippen LogP contribution in [0.25, 0.3) is 0 Å². The van der Waals surface area contributed by atoms with E-state index < -0.39 is 21.4 Å². The van der Waals surface area contributed by atoms with E-state index in [4.69, 9.17) is 5.14 Å². The zero-order chi connectivity index (χ0) is 11.1. The number of fused-ring (bicyclic) bond motifs is 1. The first-order chi connectivity index (χ1) is 7.00. The van der Waals surface area contributed by atoms with E-state index in [1.165, 1.54) is 6.08 Å². The summed E-state index contributed by atoms with van der Waals surface area (Å²) in [6.07, 6.45) is 2.98. The maximum atomic E-state index is 11.3. The van der Waals surface area contributed by atoms with Gasteiger partial charge in [-0.1, -0.05) is 30.3 Å². The third-order valence-corrected chi connectivity index (χ3v) is 3.45. The summed E-state index contributed by atoms with van der Waals surface area (Å²) < 4.78 is 22.6. The van der Waals surface area contributed by atoms with E-state index in [2.05, 4.69) is 6.08 Å². The second kappa shape index (κ2) is 3.44. The van der Waals surface area contributed by atoms with Crippen LogP contribution in [0.2, 0.25) is 0 Å². The number of primary sulfonamides is 1. The topological polar surface area (TPSA) is 80.4 Å². The summed E-state index contributed by atoms with van der Waals surface area (Å²) >= 11 is 0. The smallest absolute Gasteiger partial charge is 0.219 e. The van der Waals surface area contributed by atoms with Crippen molar-refractivity contribution in [1.29, 1.82) is 0 Å². The number of sulfonamides is 1. The number of benzene rings is 1. The van der Waals surface area contributed by atoms with Crippen molar-refractivity contribution >= 4 is 10.0 Å². The summed E-state index contributed by atoms with van der Waals surface area (Å²) in [7, 11) is -3.69. The zero-order valence-electron chi connectivity index (χ0n) is 7.79. The molecular weight excluding hydrogens is 214 g/mol. The van der Waals surface area contributed by atoms with Crippen LogP contribution < -0.4 is 5.14 Å². The highest BCUT2D eigenvalue weighted by molar-refractivity contribution is 7.89. The average molecular weight is 224 g/mol. The molecule has 5 heteroatoms. The van der Waals surface area contributed by atoms with Gasteiger partial charge in [0.2, 0.25) is 10.0 Å². The quantitative estimate of drug-likeness (QED) is 0.725. The minimum Gasteiger partial charge on any atom is -0.384 e. The van der Waals surface area contributed by atoms with E-state index in [0.29, 0.717) is 11.1 Å². The van der Waals surface area contributed by atoms with Gasteiger partial charge in [-0.2, -0.15) is 0 Å². The highest BCUT2D eigenvalue weighted by atomic mass is 32.2. The Morgan fingerprint density at radius 1 is 1.27 bits per heavy atom. The molecule has 1 aromatic carbocycles.